The minimum Gasteiger partial charge on any atom is -0.298 e. The van der Waals surface area contributed by atoms with Crippen LogP contribution in [0.4, 0.5) is 0 Å². The van der Waals surface area contributed by atoms with E-state index < -0.39 is 0 Å². The van der Waals surface area contributed by atoms with Gasteiger partial charge >= 0.3 is 0 Å². The number of carbonyl (C=O) groups is 1. The van der Waals surface area contributed by atoms with Gasteiger partial charge in [0.05, 0.1) is 10.8 Å². The van der Waals surface area contributed by atoms with E-state index in [2.05, 4.69) is 18.8 Å². The molecule has 2 rings (SSSR count). The molecule has 0 aliphatic carbocycles. The number of hydrogen-bond acceptors (Lipinski definition) is 5. The lowest BCUT2D eigenvalue weighted by molar-refractivity contribution is -0.117. The molecule has 1 aliphatic heterocycles. The van der Waals surface area contributed by atoms with E-state index in [9.17, 15) is 4.79 Å². The number of Topliss-reactive ketones (excluding diaryl/α,β-unsaturated/α-hetero) is 1. The topological polar surface area (TPSA) is 30.0 Å². The minimum atomic E-state index is 0.179. The van der Waals surface area contributed by atoms with Crippen molar-refractivity contribution in [3.63, 3.8) is 0 Å². The van der Waals surface area contributed by atoms with Crippen LogP contribution in [0, 0.1) is 0 Å². The van der Waals surface area contributed by atoms with Crippen LogP contribution in [-0.2, 0) is 11.2 Å². The summed E-state index contributed by atoms with van der Waals surface area (Å²) in [6, 6.07) is 0. The fraction of sp³-hybridized carbons (Fsp3) is 0.636. The van der Waals surface area contributed by atoms with Gasteiger partial charge in [0, 0.05) is 33.7 Å². The quantitative estimate of drug-likeness (QED) is 0.847. The normalized spacial score (nSPS) is 30.2. The average Bonchev–Trinajstić information content (AvgIpc) is 2.74. The van der Waals surface area contributed by atoms with Crippen molar-refractivity contribution in [3.05, 3.63) is 16.6 Å². The lowest BCUT2D eigenvalue weighted by Crippen LogP contribution is -2.32. The zero-order valence-corrected chi connectivity index (χ0v) is 11.8. The van der Waals surface area contributed by atoms with Crippen molar-refractivity contribution < 1.29 is 4.79 Å². The van der Waals surface area contributed by atoms with Gasteiger partial charge in [-0.3, -0.25) is 9.78 Å². The predicted octanol–water partition coefficient (Wildman–Crippen LogP) is 2.88. The van der Waals surface area contributed by atoms with Crippen LogP contribution in [0.3, 0.4) is 0 Å². The monoisotopic (exact) mass is 273 g/mol. The molecule has 0 aromatic carbocycles. The van der Waals surface area contributed by atoms with Crippen molar-refractivity contribution in [2.75, 3.05) is 5.75 Å². The van der Waals surface area contributed by atoms with E-state index in [1.165, 1.54) is 0 Å². The lowest BCUT2D eigenvalue weighted by atomic mass is 10.2. The zero-order valence-electron chi connectivity index (χ0n) is 9.38. The van der Waals surface area contributed by atoms with Crippen molar-refractivity contribution in [2.24, 2.45) is 0 Å². The molecule has 0 saturated carbocycles. The first-order valence-electron chi connectivity index (χ1n) is 5.34. The standard InChI is InChI=1S/C11H15NOS3/c1-7-8(2)16-11(5-14-7)10(13)3-9-4-12-6-15-9/h4,6-8,11H,3,5H2,1-2H3. The van der Waals surface area contributed by atoms with Crippen LogP contribution >= 0.6 is 34.9 Å². The van der Waals surface area contributed by atoms with Crippen LogP contribution in [0.15, 0.2) is 11.7 Å². The van der Waals surface area contributed by atoms with Gasteiger partial charge in [-0.2, -0.15) is 11.8 Å². The van der Waals surface area contributed by atoms with E-state index in [1.807, 2.05) is 23.5 Å². The molecule has 88 valence electrons. The van der Waals surface area contributed by atoms with Gasteiger partial charge in [0.25, 0.3) is 0 Å². The fourth-order valence-corrected chi connectivity index (χ4v) is 5.06. The van der Waals surface area contributed by atoms with E-state index in [0.29, 0.717) is 22.7 Å². The Hall–Kier alpha value is -0.000000000000000111. The highest BCUT2D eigenvalue weighted by molar-refractivity contribution is 8.08. The molecule has 2 heterocycles. The van der Waals surface area contributed by atoms with Gasteiger partial charge in [0.2, 0.25) is 0 Å². The summed E-state index contributed by atoms with van der Waals surface area (Å²) in [5.41, 5.74) is 1.79. The summed E-state index contributed by atoms with van der Waals surface area (Å²) in [6.45, 7) is 4.46. The highest BCUT2D eigenvalue weighted by Gasteiger charge is 2.30. The maximum absolute atomic E-state index is 12.1. The van der Waals surface area contributed by atoms with E-state index in [1.54, 1.807) is 23.0 Å². The summed E-state index contributed by atoms with van der Waals surface area (Å²) in [7, 11) is 0. The van der Waals surface area contributed by atoms with Crippen LogP contribution in [0.1, 0.15) is 18.7 Å². The molecule has 0 spiro atoms. The molecule has 0 amide bonds. The molecule has 0 N–H and O–H groups in total. The minimum absolute atomic E-state index is 0.179. The van der Waals surface area contributed by atoms with Gasteiger partial charge in [0.1, 0.15) is 0 Å². The molecular formula is C11H15NOS3. The SMILES string of the molecule is CC1SCC(C(=O)Cc2cncs2)SC1C. The summed E-state index contributed by atoms with van der Waals surface area (Å²) >= 11 is 5.33. The van der Waals surface area contributed by atoms with Gasteiger partial charge in [-0.05, 0) is 0 Å². The highest BCUT2D eigenvalue weighted by atomic mass is 32.2. The van der Waals surface area contributed by atoms with Crippen LogP contribution < -0.4 is 0 Å². The third-order valence-corrected chi connectivity index (χ3v) is 6.96. The first-order chi connectivity index (χ1) is 7.66. The van der Waals surface area contributed by atoms with Crippen molar-refractivity contribution in [2.45, 2.75) is 36.0 Å². The first kappa shape index (κ1) is 12.5. The molecule has 1 fully saturated rings. The number of thiazole rings is 1. The number of carbonyl (C=O) groups excluding carboxylic acids is 1. The van der Waals surface area contributed by atoms with Crippen LogP contribution in [-0.4, -0.2) is 32.3 Å². The number of thioether (sulfide) groups is 2. The number of nitrogens with zero attached hydrogens (tertiary/aromatic N) is 1. The molecule has 16 heavy (non-hydrogen) atoms. The summed E-state index contributed by atoms with van der Waals surface area (Å²) < 4.78 is 0. The number of hydrogen-bond donors (Lipinski definition) is 0. The maximum atomic E-state index is 12.1. The van der Waals surface area contributed by atoms with Crippen molar-refractivity contribution in [1.82, 2.24) is 4.98 Å². The van der Waals surface area contributed by atoms with Crippen LogP contribution in [0.2, 0.25) is 0 Å². The molecule has 0 bridgehead atoms. The van der Waals surface area contributed by atoms with Gasteiger partial charge in [-0.25, -0.2) is 0 Å². The summed E-state index contributed by atoms with van der Waals surface area (Å²) in [5, 5.41) is 1.42. The molecule has 1 aromatic heterocycles. The van der Waals surface area contributed by atoms with Gasteiger partial charge in [0.15, 0.2) is 5.78 Å². The molecule has 1 aromatic rings. The highest BCUT2D eigenvalue weighted by Crippen LogP contribution is 2.36. The second-order valence-electron chi connectivity index (χ2n) is 3.98. The van der Waals surface area contributed by atoms with E-state index in [0.717, 1.165) is 10.6 Å². The van der Waals surface area contributed by atoms with Gasteiger partial charge < -0.3 is 0 Å². The lowest BCUT2D eigenvalue weighted by Gasteiger charge is -2.30. The molecule has 3 atom stereocenters. The van der Waals surface area contributed by atoms with E-state index >= 15 is 0 Å². The Morgan fingerprint density at radius 2 is 2.31 bits per heavy atom. The maximum Gasteiger partial charge on any atom is 0.151 e. The Morgan fingerprint density at radius 3 is 2.94 bits per heavy atom. The van der Waals surface area contributed by atoms with Crippen molar-refractivity contribution in [1.29, 1.82) is 0 Å². The number of aromatic nitrogens is 1. The fourth-order valence-electron chi connectivity index (χ4n) is 1.57. The zero-order chi connectivity index (χ0) is 11.5. The first-order valence-corrected chi connectivity index (χ1v) is 8.21. The predicted molar refractivity (Wildman–Crippen MR) is 73.6 cm³/mol. The Labute approximate surface area is 109 Å². The smallest absolute Gasteiger partial charge is 0.151 e. The molecule has 2 nitrogen and oxygen atoms in total. The molecule has 1 saturated heterocycles. The molecule has 3 unspecified atom stereocenters. The second kappa shape index (κ2) is 5.56. The average molecular weight is 273 g/mol. The van der Waals surface area contributed by atoms with E-state index in [-0.39, 0.29) is 5.25 Å². The second-order valence-corrected chi connectivity index (χ2v) is 7.95. The Bertz CT molecular complexity index is 352. The van der Waals surface area contributed by atoms with Crippen molar-refractivity contribution >= 4 is 40.6 Å². The van der Waals surface area contributed by atoms with E-state index in [4.69, 9.17) is 0 Å². The van der Waals surface area contributed by atoms with Crippen LogP contribution in [0.25, 0.3) is 0 Å². The van der Waals surface area contributed by atoms with Gasteiger partial charge in [-0.1, -0.05) is 13.8 Å². The molecule has 0 radical (unpaired) electrons. The largest absolute Gasteiger partial charge is 0.298 e. The molecule has 5 heteroatoms. The number of rotatable bonds is 3. The Kier molecular flexibility index (Phi) is 4.33. The molecular weight excluding hydrogens is 258 g/mol. The summed E-state index contributed by atoms with van der Waals surface area (Å²) in [4.78, 5) is 17.1. The Morgan fingerprint density at radius 1 is 1.50 bits per heavy atom. The summed E-state index contributed by atoms with van der Waals surface area (Å²) in [5.74, 6) is 1.33. The van der Waals surface area contributed by atoms with Crippen molar-refractivity contribution in [3.8, 4) is 0 Å². The molecule has 1 aliphatic rings. The van der Waals surface area contributed by atoms with Crippen LogP contribution in [0.5, 0.6) is 0 Å². The Balaban J connectivity index is 1.90. The number of ketones is 1. The van der Waals surface area contributed by atoms with Gasteiger partial charge in [-0.15, -0.1) is 23.1 Å². The third-order valence-electron chi connectivity index (χ3n) is 2.74. The summed E-state index contributed by atoms with van der Waals surface area (Å²) in [6.07, 6.45) is 2.36. The third kappa shape index (κ3) is 3.02.